The van der Waals surface area contributed by atoms with Crippen molar-refractivity contribution >= 4 is 51.7 Å². The fraction of sp³-hybridized carbons (Fsp3) is 0.455. The summed E-state index contributed by atoms with van der Waals surface area (Å²) in [4.78, 5) is 33.0. The summed E-state index contributed by atoms with van der Waals surface area (Å²) in [7, 11) is 0. The van der Waals surface area contributed by atoms with E-state index >= 15 is 0 Å². The zero-order valence-electron chi connectivity index (χ0n) is 17.5. The minimum absolute atomic E-state index is 0.00782. The smallest absolute Gasteiger partial charge is 0.267 e. The second kappa shape index (κ2) is 9.30. The quantitative estimate of drug-likeness (QED) is 0.507. The molecule has 0 spiro atoms. The second-order valence-corrected chi connectivity index (χ2v) is 9.73. The Bertz CT molecular complexity index is 1140. The van der Waals surface area contributed by atoms with Crippen molar-refractivity contribution in [3.63, 3.8) is 0 Å². The van der Waals surface area contributed by atoms with E-state index in [4.69, 9.17) is 21.7 Å². The molecule has 3 saturated heterocycles. The molecule has 0 saturated carbocycles. The molecule has 0 aromatic carbocycles. The number of carbonyl (C=O) groups excluding carboxylic acids is 1. The number of thioether (sulfide) groups is 1. The van der Waals surface area contributed by atoms with Gasteiger partial charge in [0.25, 0.3) is 11.5 Å². The first kappa shape index (κ1) is 21.6. The third kappa shape index (κ3) is 4.32. The Kier molecular flexibility index (Phi) is 6.27. The van der Waals surface area contributed by atoms with Crippen LogP contribution >= 0.6 is 24.0 Å². The van der Waals surface area contributed by atoms with E-state index in [9.17, 15) is 9.59 Å². The number of rotatable bonds is 6. The van der Waals surface area contributed by atoms with Crippen LogP contribution in [0.5, 0.6) is 0 Å². The van der Waals surface area contributed by atoms with Gasteiger partial charge < -0.3 is 14.8 Å². The van der Waals surface area contributed by atoms with Crippen molar-refractivity contribution in [3.05, 3.63) is 45.2 Å². The van der Waals surface area contributed by atoms with Gasteiger partial charge >= 0.3 is 0 Å². The van der Waals surface area contributed by atoms with Crippen LogP contribution in [0.3, 0.4) is 0 Å². The molecular formula is C22H24N4O4S2. The van der Waals surface area contributed by atoms with Gasteiger partial charge in [0, 0.05) is 26.0 Å². The van der Waals surface area contributed by atoms with Crippen molar-refractivity contribution in [2.24, 2.45) is 0 Å². The average Bonchev–Trinajstić information content (AvgIpc) is 3.55. The summed E-state index contributed by atoms with van der Waals surface area (Å²) in [6.07, 6.45) is 7.29. The normalized spacial score (nSPS) is 24.9. The Morgan fingerprint density at radius 1 is 1.19 bits per heavy atom. The fourth-order valence-electron chi connectivity index (χ4n) is 4.16. The minimum Gasteiger partial charge on any atom is -0.376 e. The molecule has 1 amide bonds. The molecule has 168 valence electrons. The summed E-state index contributed by atoms with van der Waals surface area (Å²) < 4.78 is 13.3. The summed E-state index contributed by atoms with van der Waals surface area (Å²) in [5, 5.41) is 3.28. The van der Waals surface area contributed by atoms with E-state index in [2.05, 4.69) is 10.3 Å². The van der Waals surface area contributed by atoms with Gasteiger partial charge in [-0.2, -0.15) is 0 Å². The lowest BCUT2D eigenvalue weighted by Crippen LogP contribution is -2.35. The average molecular weight is 473 g/mol. The molecule has 3 aliphatic rings. The third-order valence-electron chi connectivity index (χ3n) is 5.85. The van der Waals surface area contributed by atoms with Gasteiger partial charge in [0.2, 0.25) is 0 Å². The summed E-state index contributed by atoms with van der Waals surface area (Å²) in [6.45, 7) is 2.46. The van der Waals surface area contributed by atoms with E-state index in [0.717, 1.165) is 32.3 Å². The first-order valence-corrected chi connectivity index (χ1v) is 12.1. The number of fused-ring (bicyclic) bond motifs is 1. The van der Waals surface area contributed by atoms with Crippen LogP contribution in [0.25, 0.3) is 11.7 Å². The van der Waals surface area contributed by atoms with Crippen molar-refractivity contribution in [1.82, 2.24) is 14.3 Å². The lowest BCUT2D eigenvalue weighted by atomic mass is 10.2. The number of carbonyl (C=O) groups is 1. The molecule has 5 rings (SSSR count). The zero-order chi connectivity index (χ0) is 22.1. The van der Waals surface area contributed by atoms with Gasteiger partial charge in [0.1, 0.15) is 15.8 Å². The first-order valence-electron chi connectivity index (χ1n) is 10.8. The molecule has 8 nitrogen and oxygen atoms in total. The predicted octanol–water partition coefficient (Wildman–Crippen LogP) is 2.67. The number of nitrogens with zero attached hydrogens (tertiary/aromatic N) is 3. The number of amides is 1. The minimum atomic E-state index is -0.241. The van der Waals surface area contributed by atoms with E-state index < -0.39 is 0 Å². The summed E-state index contributed by atoms with van der Waals surface area (Å²) in [5.41, 5.74) is 0.634. The van der Waals surface area contributed by atoms with Crippen molar-refractivity contribution in [1.29, 1.82) is 0 Å². The van der Waals surface area contributed by atoms with Gasteiger partial charge in [-0.05, 0) is 43.9 Å². The summed E-state index contributed by atoms with van der Waals surface area (Å²) in [5.74, 6) is 0.249. The molecule has 0 radical (unpaired) electrons. The van der Waals surface area contributed by atoms with Gasteiger partial charge in [0.05, 0.1) is 29.2 Å². The molecule has 2 unspecified atom stereocenters. The van der Waals surface area contributed by atoms with Crippen LogP contribution in [-0.2, 0) is 14.3 Å². The monoisotopic (exact) mass is 472 g/mol. The molecule has 10 heteroatoms. The molecule has 1 N–H and O–H groups in total. The maximum Gasteiger partial charge on any atom is 0.267 e. The maximum absolute atomic E-state index is 13.3. The number of thiocarbonyl (C=S) groups is 1. The SMILES string of the molecule is O=C1/C(=C/c2c(NCC3CCCO3)nc3ccccn3c2=O)SC(=S)N1CC1CCCO1. The Hall–Kier alpha value is -2.27. The van der Waals surface area contributed by atoms with Crippen LogP contribution in [0, 0.1) is 0 Å². The highest BCUT2D eigenvalue weighted by atomic mass is 32.2. The number of aromatic nitrogens is 2. The Morgan fingerprint density at radius 2 is 1.97 bits per heavy atom. The van der Waals surface area contributed by atoms with Gasteiger partial charge in [-0.1, -0.05) is 30.0 Å². The Balaban J connectivity index is 1.47. The number of nitrogens with one attached hydrogen (secondary N) is 1. The van der Waals surface area contributed by atoms with Crippen LogP contribution in [-0.4, -0.2) is 63.0 Å². The molecule has 0 aliphatic carbocycles. The summed E-state index contributed by atoms with van der Waals surface area (Å²) >= 11 is 6.66. The number of pyridine rings is 1. The van der Waals surface area contributed by atoms with Crippen molar-refractivity contribution in [3.8, 4) is 0 Å². The van der Waals surface area contributed by atoms with Crippen LogP contribution < -0.4 is 10.9 Å². The van der Waals surface area contributed by atoms with Gasteiger partial charge in [-0.25, -0.2) is 4.98 Å². The molecule has 2 aromatic rings. The largest absolute Gasteiger partial charge is 0.376 e. The molecule has 32 heavy (non-hydrogen) atoms. The van der Waals surface area contributed by atoms with Crippen LogP contribution in [0.15, 0.2) is 34.1 Å². The van der Waals surface area contributed by atoms with Crippen molar-refractivity contribution in [2.45, 2.75) is 37.9 Å². The second-order valence-electron chi connectivity index (χ2n) is 8.05. The predicted molar refractivity (Wildman–Crippen MR) is 128 cm³/mol. The van der Waals surface area contributed by atoms with E-state index in [1.807, 2.05) is 6.07 Å². The highest BCUT2D eigenvalue weighted by Gasteiger charge is 2.35. The molecule has 3 aliphatic heterocycles. The number of anilines is 1. The van der Waals surface area contributed by atoms with Gasteiger partial charge in [-0.3, -0.25) is 18.9 Å². The molecule has 2 atom stereocenters. The topological polar surface area (TPSA) is 85.2 Å². The van der Waals surface area contributed by atoms with Gasteiger partial charge in [-0.15, -0.1) is 0 Å². The van der Waals surface area contributed by atoms with E-state index in [1.54, 1.807) is 29.3 Å². The number of hydrogen-bond acceptors (Lipinski definition) is 8. The van der Waals surface area contributed by atoms with E-state index in [-0.39, 0.29) is 23.7 Å². The van der Waals surface area contributed by atoms with Gasteiger partial charge in [0.15, 0.2) is 0 Å². The van der Waals surface area contributed by atoms with Crippen LogP contribution in [0.4, 0.5) is 5.82 Å². The van der Waals surface area contributed by atoms with E-state index in [0.29, 0.717) is 46.0 Å². The zero-order valence-corrected chi connectivity index (χ0v) is 19.1. The summed E-state index contributed by atoms with van der Waals surface area (Å²) in [6, 6.07) is 5.39. The fourth-order valence-corrected chi connectivity index (χ4v) is 5.42. The third-order valence-corrected chi connectivity index (χ3v) is 7.23. The highest BCUT2D eigenvalue weighted by Crippen LogP contribution is 2.34. The molecular weight excluding hydrogens is 448 g/mol. The number of ether oxygens (including phenoxy) is 2. The van der Waals surface area contributed by atoms with E-state index in [1.165, 1.54) is 16.2 Å². The van der Waals surface area contributed by atoms with Crippen molar-refractivity contribution < 1.29 is 14.3 Å². The molecule has 2 aromatic heterocycles. The highest BCUT2D eigenvalue weighted by molar-refractivity contribution is 8.26. The Labute approximate surface area is 195 Å². The Morgan fingerprint density at radius 3 is 2.72 bits per heavy atom. The number of hydrogen-bond donors (Lipinski definition) is 1. The van der Waals surface area contributed by atoms with Crippen LogP contribution in [0.1, 0.15) is 31.2 Å². The molecule has 5 heterocycles. The first-order chi connectivity index (χ1) is 15.6. The lowest BCUT2D eigenvalue weighted by molar-refractivity contribution is -0.123. The van der Waals surface area contributed by atoms with Crippen molar-refractivity contribution in [2.75, 3.05) is 31.6 Å². The molecule has 0 bridgehead atoms. The van der Waals surface area contributed by atoms with Crippen LogP contribution in [0.2, 0.25) is 0 Å². The molecule has 3 fully saturated rings. The lowest BCUT2D eigenvalue weighted by Gasteiger charge is -2.18. The standard InChI is InChI=1S/C22H24N4O4S2/c27-20-16(11-17-21(28)26(22(31)32-17)13-15-6-4-10-30-15)19(23-12-14-5-3-9-29-14)24-18-7-1-2-8-25(18)20/h1-2,7-8,11,14-15,23H,3-6,9-10,12-13H2/b17-11-. The maximum atomic E-state index is 13.3.